The van der Waals surface area contributed by atoms with Crippen molar-refractivity contribution in [3.05, 3.63) is 115 Å². The zero-order valence-electron chi connectivity index (χ0n) is 29.2. The van der Waals surface area contributed by atoms with E-state index in [4.69, 9.17) is 19.7 Å². The summed E-state index contributed by atoms with van der Waals surface area (Å²) >= 11 is 0. The quantitative estimate of drug-likeness (QED) is 0.250. The van der Waals surface area contributed by atoms with Gasteiger partial charge in [0.25, 0.3) is 0 Å². The van der Waals surface area contributed by atoms with E-state index in [9.17, 15) is 9.90 Å². The Morgan fingerprint density at radius 3 is 2.31 bits per heavy atom. The number of pyridine rings is 1. The van der Waals surface area contributed by atoms with Gasteiger partial charge in [0.1, 0.15) is 12.8 Å². The molecule has 246 valence electrons. The van der Waals surface area contributed by atoms with Gasteiger partial charge in [-0.25, -0.2) is 19.5 Å². The number of hydrogen-bond acceptors (Lipinski definition) is 7. The van der Waals surface area contributed by atoms with E-state index < -0.39 is 0 Å². The van der Waals surface area contributed by atoms with Crippen molar-refractivity contribution in [3.8, 4) is 0 Å². The second kappa shape index (κ2) is 12.0. The molecule has 0 unspecified atom stereocenters. The summed E-state index contributed by atoms with van der Waals surface area (Å²) < 4.78 is 7.12. The van der Waals surface area contributed by atoms with Crippen molar-refractivity contribution in [2.45, 2.75) is 73.6 Å². The lowest BCUT2D eigenvalue weighted by Crippen LogP contribution is -2.26. The van der Waals surface area contributed by atoms with Gasteiger partial charge in [0.05, 0.1) is 41.3 Å². The number of carbonyl (C=O) groups excluding carboxylic acids is 1. The molecule has 6 aliphatic rings. The van der Waals surface area contributed by atoms with Crippen LogP contribution < -0.4 is 9.88 Å². The molecule has 8 nitrogen and oxygen atoms in total. The van der Waals surface area contributed by atoms with Crippen molar-refractivity contribution in [3.63, 3.8) is 0 Å². The number of aliphatic hydroxyl groups is 1. The molecule has 1 saturated heterocycles. The van der Waals surface area contributed by atoms with Gasteiger partial charge in [-0.2, -0.15) is 0 Å². The lowest BCUT2D eigenvalue weighted by Gasteiger charge is -2.18. The predicted molar refractivity (Wildman–Crippen MR) is 190 cm³/mol. The van der Waals surface area contributed by atoms with Crippen LogP contribution in [0.5, 0.6) is 0 Å². The summed E-state index contributed by atoms with van der Waals surface area (Å²) in [6, 6.07) is 4.29. The normalized spacial score (nSPS) is 23.3. The van der Waals surface area contributed by atoms with Crippen LogP contribution in [0.4, 0.5) is 0 Å². The fourth-order valence-electron chi connectivity index (χ4n) is 8.10. The first-order valence-corrected chi connectivity index (χ1v) is 17.1. The molecule has 0 saturated carbocycles. The molecule has 0 radical (unpaired) electrons. The number of carbonyl (C=O) groups is 1. The molecule has 2 N–H and O–H groups in total. The van der Waals surface area contributed by atoms with E-state index >= 15 is 0 Å². The maximum Gasteiger partial charge on any atom is 0.305 e. The van der Waals surface area contributed by atoms with Gasteiger partial charge in [0.15, 0.2) is 12.4 Å². The lowest BCUT2D eigenvalue weighted by atomic mass is 9.83. The average Bonchev–Trinajstić information content (AvgIpc) is 3.83. The minimum Gasteiger partial charge on any atom is -0.511 e. The highest BCUT2D eigenvalue weighted by Gasteiger charge is 2.43. The van der Waals surface area contributed by atoms with Crippen molar-refractivity contribution >= 4 is 28.7 Å². The molecular formula is C40H44N5O3+. The molecule has 1 aromatic heterocycles. The Hall–Kier alpha value is -4.85. The lowest BCUT2D eigenvalue weighted by molar-refractivity contribution is -0.671. The number of nitrogens with zero attached hydrogens (tertiary/aromatic N) is 4. The monoisotopic (exact) mass is 642 g/mol. The van der Waals surface area contributed by atoms with Gasteiger partial charge < -0.3 is 15.2 Å². The number of aliphatic imine (C=N–C) groups is 3. The molecule has 6 heterocycles. The van der Waals surface area contributed by atoms with E-state index in [2.05, 4.69) is 76.6 Å². The molecule has 0 aromatic carbocycles. The zero-order chi connectivity index (χ0) is 34.0. The molecule has 1 aliphatic carbocycles. The van der Waals surface area contributed by atoms with Crippen LogP contribution in [0.25, 0.3) is 5.57 Å². The molecule has 0 spiro atoms. The molecule has 1 fully saturated rings. The maximum absolute atomic E-state index is 12.5. The van der Waals surface area contributed by atoms with Crippen LogP contribution in [0.3, 0.4) is 0 Å². The number of methoxy groups -OCH3 is 1. The number of aromatic nitrogens is 1. The number of aliphatic hydroxyl groups excluding tert-OH is 1. The summed E-state index contributed by atoms with van der Waals surface area (Å²) in [4.78, 5) is 28.3. The van der Waals surface area contributed by atoms with E-state index in [1.165, 1.54) is 18.3 Å². The number of rotatable bonds is 6. The second-order valence-corrected chi connectivity index (χ2v) is 13.5. The smallest absolute Gasteiger partial charge is 0.305 e. The molecule has 8 bridgehead atoms. The molecule has 2 atom stereocenters. The van der Waals surface area contributed by atoms with Gasteiger partial charge in [-0.05, 0) is 85.6 Å². The summed E-state index contributed by atoms with van der Waals surface area (Å²) in [6.45, 7) is 12.9. The molecule has 5 aliphatic heterocycles. The van der Waals surface area contributed by atoms with Crippen LogP contribution in [0.2, 0.25) is 0 Å². The Morgan fingerprint density at radius 2 is 1.62 bits per heavy atom. The highest BCUT2D eigenvalue weighted by atomic mass is 16.5. The van der Waals surface area contributed by atoms with Crippen molar-refractivity contribution in [1.82, 2.24) is 5.32 Å². The number of nitrogens with one attached hydrogen (secondary N) is 1. The van der Waals surface area contributed by atoms with Crippen LogP contribution in [0.15, 0.2) is 125 Å². The van der Waals surface area contributed by atoms with Gasteiger partial charge in [0.2, 0.25) is 0 Å². The topological polar surface area (TPSA) is 99.5 Å². The van der Waals surface area contributed by atoms with Gasteiger partial charge in [-0.3, -0.25) is 4.79 Å². The number of ether oxygens (including phenoxy) is 1. The van der Waals surface area contributed by atoms with E-state index in [0.29, 0.717) is 25.0 Å². The zero-order valence-corrected chi connectivity index (χ0v) is 29.2. The fourth-order valence-corrected chi connectivity index (χ4v) is 8.10. The third-order valence-electron chi connectivity index (χ3n) is 10.8. The summed E-state index contributed by atoms with van der Waals surface area (Å²) in [5.41, 5.74) is 17.0. The van der Waals surface area contributed by atoms with Crippen LogP contribution in [-0.2, 0) is 16.6 Å². The number of allylic oxidation sites excluding steroid dienone is 12. The SMILES string of the molecule is CCC1=C(C)C2=NC1=CC1=C(C)C3=C(O)CC(=C4NC(=C(c5cc[n+](C)cc5)C5=NC(=C2)C(CC)=C5C)[C@@H](C)[C@@H]4CCC(=O)OC)C3=N1. The summed E-state index contributed by atoms with van der Waals surface area (Å²) in [6.07, 6.45) is 11.3. The number of esters is 1. The molecule has 0 amide bonds. The third-order valence-corrected chi connectivity index (χ3v) is 10.8. The Kier molecular flexibility index (Phi) is 7.93. The van der Waals surface area contributed by atoms with Crippen LogP contribution in [0, 0.1) is 11.8 Å². The predicted octanol–water partition coefficient (Wildman–Crippen LogP) is 7.37. The number of aryl methyl sites for hydroxylation is 1. The summed E-state index contributed by atoms with van der Waals surface area (Å²) in [7, 11) is 3.46. The fraction of sp³-hybridized carbons (Fsp3) is 0.375. The van der Waals surface area contributed by atoms with Crippen molar-refractivity contribution in [2.75, 3.05) is 7.11 Å². The molecular weight excluding hydrogens is 598 g/mol. The molecule has 8 heteroatoms. The van der Waals surface area contributed by atoms with E-state index in [-0.39, 0.29) is 17.8 Å². The van der Waals surface area contributed by atoms with Gasteiger partial charge in [0, 0.05) is 64.9 Å². The van der Waals surface area contributed by atoms with Crippen molar-refractivity contribution in [1.29, 1.82) is 0 Å². The third kappa shape index (κ3) is 4.92. The minimum absolute atomic E-state index is 0.0203. The van der Waals surface area contributed by atoms with Crippen LogP contribution in [0.1, 0.15) is 79.2 Å². The molecule has 48 heavy (non-hydrogen) atoms. The van der Waals surface area contributed by atoms with Gasteiger partial charge in [-0.1, -0.05) is 20.8 Å². The Balaban J connectivity index is 1.55. The van der Waals surface area contributed by atoms with Gasteiger partial charge >= 0.3 is 5.97 Å². The Morgan fingerprint density at radius 1 is 0.938 bits per heavy atom. The molecule has 7 rings (SSSR count). The number of hydrogen-bond donors (Lipinski definition) is 2. The first-order chi connectivity index (χ1) is 23.1. The van der Waals surface area contributed by atoms with Gasteiger partial charge in [-0.15, -0.1) is 0 Å². The van der Waals surface area contributed by atoms with Crippen molar-refractivity contribution < 1.29 is 19.2 Å². The Labute approximate surface area is 282 Å². The van der Waals surface area contributed by atoms with Crippen molar-refractivity contribution in [2.24, 2.45) is 33.9 Å². The summed E-state index contributed by atoms with van der Waals surface area (Å²) in [5, 5.41) is 15.3. The largest absolute Gasteiger partial charge is 0.511 e. The van der Waals surface area contributed by atoms with E-state index in [0.717, 1.165) is 97.5 Å². The minimum atomic E-state index is -0.233. The number of fused-ring (bicyclic) bond motifs is 5. The second-order valence-electron chi connectivity index (χ2n) is 13.5. The van der Waals surface area contributed by atoms with E-state index in [1.54, 1.807) is 0 Å². The highest BCUT2D eigenvalue weighted by Crippen LogP contribution is 2.48. The first kappa shape index (κ1) is 31.7. The highest BCUT2D eigenvalue weighted by molar-refractivity contribution is 6.34. The first-order valence-electron chi connectivity index (χ1n) is 17.1. The van der Waals surface area contributed by atoms with Crippen LogP contribution in [-0.4, -0.2) is 35.3 Å². The Bertz CT molecular complexity index is 2040. The summed E-state index contributed by atoms with van der Waals surface area (Å²) in [5.74, 6) is 0.0910. The standard InChI is InChI=1S/C40H43N5O3/c1-9-25-20(3)29-18-32-26(10-2)21(4)37(43-32)36(24-13-15-45(7)16-14-24)38-22(5)27(11-12-34(47)48-8)39(44-38)28-17-33(46)35-23(6)30(42-40(28)35)19-31(25)41-29/h13-16,18-19,22,27H,9-12,17H2,1-8H3,(H,41,42,43,46)/p+1/t22-,27-/m0/s1. The molecule has 1 aromatic rings. The van der Waals surface area contributed by atoms with E-state index in [1.807, 2.05) is 18.5 Å². The maximum atomic E-state index is 12.5. The average molecular weight is 643 g/mol. The van der Waals surface area contributed by atoms with Crippen LogP contribution >= 0.6 is 0 Å².